The van der Waals surface area contributed by atoms with Crippen molar-refractivity contribution in [2.45, 2.75) is 57.6 Å². The molecule has 2 atom stereocenters. The smallest absolute Gasteiger partial charge is 0.264 e. The van der Waals surface area contributed by atoms with Crippen LogP contribution in [0.15, 0.2) is 77.7 Å². The average molecular weight is 558 g/mol. The fraction of sp³-hybridized carbons (Fsp3) is 0.310. The maximum absolute atomic E-state index is 14.9. The number of halogens is 2. The van der Waals surface area contributed by atoms with E-state index < -0.39 is 46.1 Å². The number of anilines is 1. The molecular weight excluding hydrogens is 524 g/mol. The van der Waals surface area contributed by atoms with Gasteiger partial charge in [-0.25, -0.2) is 17.2 Å². The lowest BCUT2D eigenvalue weighted by Gasteiger charge is -2.32. The maximum Gasteiger partial charge on any atom is 0.264 e. The minimum Gasteiger partial charge on any atom is -0.352 e. The number of aryl methyl sites for hydroxylation is 1. The molecule has 3 rings (SSSR count). The molecular formula is C29H33F2N3O4S. The molecule has 3 aromatic rings. The Morgan fingerprint density at radius 3 is 2.08 bits per heavy atom. The van der Waals surface area contributed by atoms with Gasteiger partial charge in [-0.1, -0.05) is 55.0 Å². The molecule has 7 nitrogen and oxygen atoms in total. The van der Waals surface area contributed by atoms with Gasteiger partial charge in [-0.15, -0.1) is 0 Å². The largest absolute Gasteiger partial charge is 0.352 e. The van der Waals surface area contributed by atoms with E-state index in [1.807, 2.05) is 13.8 Å². The summed E-state index contributed by atoms with van der Waals surface area (Å²) >= 11 is 0. The first kappa shape index (κ1) is 29.8. The zero-order valence-electron chi connectivity index (χ0n) is 22.4. The first-order chi connectivity index (χ1) is 18.4. The minimum absolute atomic E-state index is 0.132. The number of rotatable bonds is 11. The second-order valence-electron chi connectivity index (χ2n) is 9.38. The summed E-state index contributed by atoms with van der Waals surface area (Å²) in [5, 5.41) is 2.80. The van der Waals surface area contributed by atoms with E-state index >= 15 is 0 Å². The lowest BCUT2D eigenvalue weighted by molar-refractivity contribution is -0.139. The first-order valence-electron chi connectivity index (χ1n) is 12.6. The van der Waals surface area contributed by atoms with Crippen LogP contribution in [0.4, 0.5) is 14.5 Å². The zero-order chi connectivity index (χ0) is 28.7. The van der Waals surface area contributed by atoms with Gasteiger partial charge in [0, 0.05) is 18.2 Å². The summed E-state index contributed by atoms with van der Waals surface area (Å²) in [6.45, 7) is 5.87. The third-order valence-electron chi connectivity index (χ3n) is 6.48. The van der Waals surface area contributed by atoms with Gasteiger partial charge in [-0.3, -0.25) is 13.9 Å². The van der Waals surface area contributed by atoms with Crippen molar-refractivity contribution in [2.75, 3.05) is 10.8 Å². The second-order valence-corrected chi connectivity index (χ2v) is 11.2. The highest BCUT2D eigenvalue weighted by molar-refractivity contribution is 7.92. The summed E-state index contributed by atoms with van der Waals surface area (Å²) in [7, 11) is -4.40. The van der Waals surface area contributed by atoms with Crippen molar-refractivity contribution in [3.63, 3.8) is 0 Å². The molecule has 39 heavy (non-hydrogen) atoms. The highest BCUT2D eigenvalue weighted by atomic mass is 32.2. The van der Waals surface area contributed by atoms with Gasteiger partial charge in [0.2, 0.25) is 11.8 Å². The van der Waals surface area contributed by atoms with Crippen LogP contribution in [0.2, 0.25) is 0 Å². The number of nitrogens with one attached hydrogen (secondary N) is 1. The molecule has 208 valence electrons. The highest BCUT2D eigenvalue weighted by Gasteiger charge is 2.34. The van der Waals surface area contributed by atoms with Crippen LogP contribution in [-0.2, 0) is 26.2 Å². The number of para-hydroxylation sites is 1. The topological polar surface area (TPSA) is 86.8 Å². The molecule has 0 heterocycles. The highest BCUT2D eigenvalue weighted by Crippen LogP contribution is 2.27. The molecule has 0 saturated heterocycles. The van der Waals surface area contributed by atoms with Crippen LogP contribution in [0.1, 0.15) is 38.3 Å². The number of sulfonamides is 1. The predicted octanol–water partition coefficient (Wildman–Crippen LogP) is 4.80. The molecule has 0 unspecified atom stereocenters. The quantitative estimate of drug-likeness (QED) is 0.367. The molecule has 0 aliphatic heterocycles. The Morgan fingerprint density at radius 2 is 1.49 bits per heavy atom. The molecule has 1 N–H and O–H groups in total. The maximum atomic E-state index is 14.9. The van der Waals surface area contributed by atoms with Gasteiger partial charge >= 0.3 is 0 Å². The summed E-state index contributed by atoms with van der Waals surface area (Å²) in [5.74, 6) is -2.70. The summed E-state index contributed by atoms with van der Waals surface area (Å²) in [6.07, 6.45) is 0.648. The van der Waals surface area contributed by atoms with Crippen molar-refractivity contribution in [1.29, 1.82) is 0 Å². The normalized spacial score (nSPS) is 12.9. The Balaban J connectivity index is 2.05. The minimum atomic E-state index is -4.40. The number of hydrogen-bond donors (Lipinski definition) is 1. The van der Waals surface area contributed by atoms with Crippen LogP contribution in [0, 0.1) is 18.6 Å². The molecule has 0 aliphatic carbocycles. The van der Waals surface area contributed by atoms with Gasteiger partial charge in [0.1, 0.15) is 24.2 Å². The number of benzene rings is 3. The molecule has 0 fully saturated rings. The molecule has 0 bridgehead atoms. The van der Waals surface area contributed by atoms with Gasteiger partial charge in [0.15, 0.2) is 0 Å². The molecule has 3 aromatic carbocycles. The Bertz CT molecular complexity index is 1410. The van der Waals surface area contributed by atoms with Crippen LogP contribution >= 0.6 is 0 Å². The van der Waals surface area contributed by atoms with E-state index in [1.165, 1.54) is 55.5 Å². The van der Waals surface area contributed by atoms with Crippen LogP contribution in [0.3, 0.4) is 0 Å². The number of amides is 2. The van der Waals surface area contributed by atoms with E-state index in [-0.39, 0.29) is 28.7 Å². The molecule has 0 aromatic heterocycles. The lowest BCUT2D eigenvalue weighted by Crippen LogP contribution is -2.52. The first-order valence-corrected chi connectivity index (χ1v) is 14.1. The van der Waals surface area contributed by atoms with Crippen molar-refractivity contribution in [3.05, 3.63) is 95.6 Å². The van der Waals surface area contributed by atoms with E-state index in [1.54, 1.807) is 25.1 Å². The van der Waals surface area contributed by atoms with Gasteiger partial charge in [0.25, 0.3) is 10.0 Å². The number of carbonyl (C=O) groups is 2. The SMILES string of the molecule is CC[C@@H](C)NC(=O)[C@H](C)N(Cc1ccccc1F)C(=O)CN(c1ccccc1F)S(=O)(=O)c1ccc(C)cc1. The van der Waals surface area contributed by atoms with Gasteiger partial charge in [-0.2, -0.15) is 0 Å². The molecule has 0 saturated carbocycles. The van der Waals surface area contributed by atoms with Crippen LogP contribution in [-0.4, -0.2) is 43.8 Å². The van der Waals surface area contributed by atoms with Crippen molar-refractivity contribution >= 4 is 27.5 Å². The molecule has 0 radical (unpaired) electrons. The monoisotopic (exact) mass is 557 g/mol. The average Bonchev–Trinajstić information content (AvgIpc) is 2.91. The van der Waals surface area contributed by atoms with Gasteiger partial charge in [-0.05, 0) is 57.5 Å². The summed E-state index contributed by atoms with van der Waals surface area (Å²) in [6, 6.07) is 15.7. The Hall–Kier alpha value is -3.79. The van der Waals surface area contributed by atoms with E-state index in [9.17, 15) is 26.8 Å². The Labute approximate surface area is 228 Å². The molecule has 10 heteroatoms. The fourth-order valence-corrected chi connectivity index (χ4v) is 5.28. The molecule has 0 aliphatic rings. The second kappa shape index (κ2) is 12.8. The van der Waals surface area contributed by atoms with E-state index in [4.69, 9.17) is 0 Å². The van der Waals surface area contributed by atoms with Crippen LogP contribution in [0.5, 0.6) is 0 Å². The van der Waals surface area contributed by atoms with Crippen molar-refractivity contribution in [1.82, 2.24) is 10.2 Å². The van der Waals surface area contributed by atoms with Gasteiger partial charge in [0.05, 0.1) is 10.6 Å². The van der Waals surface area contributed by atoms with Gasteiger partial charge < -0.3 is 10.2 Å². The number of hydrogen-bond acceptors (Lipinski definition) is 4. The lowest BCUT2D eigenvalue weighted by atomic mass is 10.1. The van der Waals surface area contributed by atoms with Crippen LogP contribution in [0.25, 0.3) is 0 Å². The third-order valence-corrected chi connectivity index (χ3v) is 8.25. The Morgan fingerprint density at radius 1 is 0.897 bits per heavy atom. The van der Waals surface area contributed by atoms with E-state index in [0.717, 1.165) is 16.5 Å². The summed E-state index contributed by atoms with van der Waals surface area (Å²) in [5.41, 5.74) is 0.640. The van der Waals surface area contributed by atoms with Crippen LogP contribution < -0.4 is 9.62 Å². The van der Waals surface area contributed by atoms with Crippen molar-refractivity contribution in [3.8, 4) is 0 Å². The van der Waals surface area contributed by atoms with Crippen molar-refractivity contribution in [2.24, 2.45) is 0 Å². The summed E-state index contributed by atoms with van der Waals surface area (Å²) < 4.78 is 57.6. The molecule has 2 amide bonds. The number of carbonyl (C=O) groups excluding carboxylic acids is 2. The van der Waals surface area contributed by atoms with E-state index in [0.29, 0.717) is 10.7 Å². The predicted molar refractivity (Wildman–Crippen MR) is 146 cm³/mol. The number of nitrogens with zero attached hydrogens (tertiary/aromatic N) is 2. The van der Waals surface area contributed by atoms with E-state index in [2.05, 4.69) is 5.32 Å². The fourth-order valence-electron chi connectivity index (χ4n) is 3.86. The standard InChI is InChI=1S/C29H33F2N3O4S/c1-5-21(3)32-29(36)22(4)33(18-23-10-6-7-11-25(23)30)28(35)19-34(27-13-9-8-12-26(27)31)39(37,38)24-16-14-20(2)15-17-24/h6-17,21-22H,5,18-19H2,1-4H3,(H,32,36)/t21-,22+/m1/s1. The summed E-state index contributed by atoms with van der Waals surface area (Å²) in [4.78, 5) is 27.8. The third kappa shape index (κ3) is 7.20. The molecule has 0 spiro atoms. The zero-order valence-corrected chi connectivity index (χ0v) is 23.2. The Kier molecular flexibility index (Phi) is 9.80. The van der Waals surface area contributed by atoms with Crippen molar-refractivity contribution < 1.29 is 26.8 Å².